The van der Waals surface area contributed by atoms with Crippen molar-refractivity contribution in [1.29, 1.82) is 0 Å². The lowest BCUT2D eigenvalue weighted by atomic mass is 10.1. The van der Waals surface area contributed by atoms with Crippen LogP contribution in [0.4, 0.5) is 11.5 Å². The minimum absolute atomic E-state index is 0.194. The van der Waals surface area contributed by atoms with Crippen molar-refractivity contribution in [2.24, 2.45) is 0 Å². The third-order valence-corrected chi connectivity index (χ3v) is 3.28. The molecule has 0 spiro atoms. The second-order valence-corrected chi connectivity index (χ2v) is 4.73. The minimum Gasteiger partial charge on any atom is -0.397 e. The second kappa shape index (κ2) is 5.27. The zero-order valence-corrected chi connectivity index (χ0v) is 11.2. The van der Waals surface area contributed by atoms with Crippen molar-refractivity contribution in [3.8, 4) is 0 Å². The van der Waals surface area contributed by atoms with Gasteiger partial charge < -0.3 is 10.6 Å². The van der Waals surface area contributed by atoms with Crippen LogP contribution in [0.1, 0.15) is 18.5 Å². The van der Waals surface area contributed by atoms with Gasteiger partial charge in [-0.1, -0.05) is 23.7 Å². The lowest BCUT2D eigenvalue weighted by Gasteiger charge is -2.26. The molecule has 2 rings (SSSR count). The van der Waals surface area contributed by atoms with E-state index in [1.54, 1.807) is 6.20 Å². The molecule has 4 heteroatoms. The van der Waals surface area contributed by atoms with Crippen LogP contribution in [0.5, 0.6) is 0 Å². The Morgan fingerprint density at radius 3 is 2.67 bits per heavy atom. The van der Waals surface area contributed by atoms with Gasteiger partial charge in [-0.3, -0.25) is 0 Å². The Labute approximate surface area is 112 Å². The lowest BCUT2D eigenvalue weighted by molar-refractivity contribution is 0.729. The molecule has 1 aromatic heterocycles. The molecule has 0 bridgehead atoms. The van der Waals surface area contributed by atoms with Crippen LogP contribution in [0.15, 0.2) is 42.6 Å². The molecule has 1 aromatic carbocycles. The highest BCUT2D eigenvalue weighted by Gasteiger charge is 2.13. The van der Waals surface area contributed by atoms with E-state index in [0.717, 1.165) is 16.4 Å². The van der Waals surface area contributed by atoms with Crippen LogP contribution in [0.2, 0.25) is 5.02 Å². The molecule has 18 heavy (non-hydrogen) atoms. The number of anilines is 2. The third-order valence-electron chi connectivity index (χ3n) is 3.04. The van der Waals surface area contributed by atoms with E-state index in [9.17, 15) is 0 Å². The molecule has 0 fully saturated rings. The van der Waals surface area contributed by atoms with E-state index in [1.807, 2.05) is 37.4 Å². The van der Waals surface area contributed by atoms with Gasteiger partial charge in [0.05, 0.1) is 17.9 Å². The summed E-state index contributed by atoms with van der Waals surface area (Å²) in [4.78, 5) is 6.40. The fourth-order valence-electron chi connectivity index (χ4n) is 1.79. The van der Waals surface area contributed by atoms with E-state index in [0.29, 0.717) is 5.69 Å². The molecular formula is C14H16ClN3. The lowest BCUT2D eigenvalue weighted by Crippen LogP contribution is -2.22. The summed E-state index contributed by atoms with van der Waals surface area (Å²) < 4.78 is 0. The number of aromatic nitrogens is 1. The maximum atomic E-state index is 6.01. The molecule has 0 aliphatic heterocycles. The average molecular weight is 262 g/mol. The summed E-state index contributed by atoms with van der Waals surface area (Å²) >= 11 is 6.01. The van der Waals surface area contributed by atoms with Gasteiger partial charge in [0.2, 0.25) is 0 Å². The number of pyridine rings is 1. The Morgan fingerprint density at radius 1 is 1.28 bits per heavy atom. The first-order chi connectivity index (χ1) is 8.58. The van der Waals surface area contributed by atoms with E-state index in [1.165, 1.54) is 0 Å². The first-order valence-electron chi connectivity index (χ1n) is 5.78. The highest BCUT2D eigenvalue weighted by molar-refractivity contribution is 6.30. The molecule has 0 amide bonds. The Morgan fingerprint density at radius 2 is 2.06 bits per heavy atom. The van der Waals surface area contributed by atoms with Gasteiger partial charge in [0, 0.05) is 12.1 Å². The third kappa shape index (κ3) is 2.74. The van der Waals surface area contributed by atoms with Crippen molar-refractivity contribution < 1.29 is 0 Å². The Bertz CT molecular complexity index is 525. The zero-order chi connectivity index (χ0) is 13.1. The summed E-state index contributed by atoms with van der Waals surface area (Å²) in [5.74, 6) is 0.886. The second-order valence-electron chi connectivity index (χ2n) is 4.29. The van der Waals surface area contributed by atoms with Crippen molar-refractivity contribution in [2.75, 3.05) is 17.7 Å². The zero-order valence-electron chi connectivity index (χ0n) is 10.5. The normalized spacial score (nSPS) is 12.2. The van der Waals surface area contributed by atoms with Crippen molar-refractivity contribution >= 4 is 23.1 Å². The number of nitrogens with two attached hydrogens (primary N) is 1. The van der Waals surface area contributed by atoms with Crippen LogP contribution in [0, 0.1) is 0 Å². The smallest absolute Gasteiger partial charge is 0.128 e. The molecule has 0 aliphatic rings. The molecule has 2 aromatic rings. The van der Waals surface area contributed by atoms with Crippen LogP contribution < -0.4 is 10.6 Å². The molecule has 1 unspecified atom stereocenters. The van der Waals surface area contributed by atoms with Crippen molar-refractivity contribution in [2.45, 2.75) is 13.0 Å². The largest absolute Gasteiger partial charge is 0.397 e. The van der Waals surface area contributed by atoms with E-state index in [-0.39, 0.29) is 6.04 Å². The topological polar surface area (TPSA) is 42.1 Å². The molecule has 2 N–H and O–H groups in total. The number of hydrogen-bond acceptors (Lipinski definition) is 3. The molecule has 1 heterocycles. The van der Waals surface area contributed by atoms with Gasteiger partial charge >= 0.3 is 0 Å². The number of nitrogen functional groups attached to an aromatic ring is 1. The predicted molar refractivity (Wildman–Crippen MR) is 76.9 cm³/mol. The van der Waals surface area contributed by atoms with Gasteiger partial charge in [0.1, 0.15) is 5.82 Å². The monoisotopic (exact) mass is 261 g/mol. The summed E-state index contributed by atoms with van der Waals surface area (Å²) in [6.45, 7) is 2.11. The first kappa shape index (κ1) is 12.7. The molecule has 1 atom stereocenters. The Hall–Kier alpha value is -1.74. The van der Waals surface area contributed by atoms with Crippen molar-refractivity contribution in [3.05, 3.63) is 53.2 Å². The van der Waals surface area contributed by atoms with Crippen LogP contribution in [0.25, 0.3) is 0 Å². The van der Waals surface area contributed by atoms with Gasteiger partial charge in [-0.2, -0.15) is 0 Å². The van der Waals surface area contributed by atoms with E-state index < -0.39 is 0 Å². The van der Waals surface area contributed by atoms with Crippen molar-refractivity contribution in [1.82, 2.24) is 4.98 Å². The van der Waals surface area contributed by atoms with Crippen LogP contribution in [0.3, 0.4) is 0 Å². The quantitative estimate of drug-likeness (QED) is 0.919. The first-order valence-corrected chi connectivity index (χ1v) is 6.15. The van der Waals surface area contributed by atoms with Gasteiger partial charge in [0.25, 0.3) is 0 Å². The molecular weight excluding hydrogens is 246 g/mol. The van der Waals surface area contributed by atoms with Crippen LogP contribution in [-0.4, -0.2) is 12.0 Å². The Kier molecular flexibility index (Phi) is 3.72. The maximum Gasteiger partial charge on any atom is 0.128 e. The van der Waals surface area contributed by atoms with Crippen LogP contribution in [-0.2, 0) is 0 Å². The number of hydrogen-bond donors (Lipinski definition) is 1. The molecule has 0 saturated carbocycles. The standard InChI is InChI=1S/C14H16ClN3/c1-10(11-4-3-5-12(15)8-11)18(2)14-7-6-13(16)9-17-14/h3-10H,16H2,1-2H3. The average Bonchev–Trinajstić information content (AvgIpc) is 2.38. The summed E-state index contributed by atoms with van der Waals surface area (Å²) in [6, 6.07) is 11.8. The van der Waals surface area contributed by atoms with Crippen LogP contribution >= 0.6 is 11.6 Å². The molecule has 0 radical (unpaired) electrons. The number of rotatable bonds is 3. The summed E-state index contributed by atoms with van der Waals surface area (Å²) in [5, 5.41) is 0.748. The van der Waals surface area contributed by atoms with Gasteiger partial charge in [-0.15, -0.1) is 0 Å². The van der Waals surface area contributed by atoms with E-state index in [2.05, 4.69) is 22.9 Å². The van der Waals surface area contributed by atoms with E-state index >= 15 is 0 Å². The highest BCUT2D eigenvalue weighted by atomic mass is 35.5. The SMILES string of the molecule is CC(c1cccc(Cl)c1)N(C)c1ccc(N)cn1. The summed E-state index contributed by atoms with van der Waals surface area (Å²) in [7, 11) is 2.00. The number of nitrogens with zero attached hydrogens (tertiary/aromatic N) is 2. The van der Waals surface area contributed by atoms with Gasteiger partial charge in [-0.25, -0.2) is 4.98 Å². The molecule has 3 nitrogen and oxygen atoms in total. The summed E-state index contributed by atoms with van der Waals surface area (Å²) in [6.07, 6.45) is 1.66. The fraction of sp³-hybridized carbons (Fsp3) is 0.214. The van der Waals surface area contributed by atoms with Crippen molar-refractivity contribution in [3.63, 3.8) is 0 Å². The fourth-order valence-corrected chi connectivity index (χ4v) is 1.99. The predicted octanol–water partition coefficient (Wildman–Crippen LogP) is 3.51. The Balaban J connectivity index is 2.23. The van der Waals surface area contributed by atoms with Gasteiger partial charge in [-0.05, 0) is 36.8 Å². The molecule has 94 valence electrons. The number of halogens is 1. The molecule has 0 saturated heterocycles. The highest BCUT2D eigenvalue weighted by Crippen LogP contribution is 2.25. The minimum atomic E-state index is 0.194. The summed E-state index contributed by atoms with van der Waals surface area (Å²) in [5.41, 5.74) is 7.46. The van der Waals surface area contributed by atoms with E-state index in [4.69, 9.17) is 17.3 Å². The van der Waals surface area contributed by atoms with Gasteiger partial charge in [0.15, 0.2) is 0 Å². The maximum absolute atomic E-state index is 6.01. The molecule has 0 aliphatic carbocycles. The number of benzene rings is 1.